The molecule has 0 aromatic carbocycles. The predicted octanol–water partition coefficient (Wildman–Crippen LogP) is 2.94. The Morgan fingerprint density at radius 2 is 2.16 bits per heavy atom. The molecule has 2 rings (SSSR count). The lowest BCUT2D eigenvalue weighted by molar-refractivity contribution is -0.0835. The molecular weight excluding hydrogens is 312 g/mol. The van der Waals surface area contributed by atoms with E-state index in [1.54, 1.807) is 0 Å². The Morgan fingerprint density at radius 3 is 2.84 bits per heavy atom. The van der Waals surface area contributed by atoms with E-state index in [-0.39, 0.29) is 5.41 Å². The quantitative estimate of drug-likeness (QED) is 0.636. The zero-order valence-electron chi connectivity index (χ0n) is 16.4. The molecule has 5 nitrogen and oxygen atoms in total. The summed E-state index contributed by atoms with van der Waals surface area (Å²) in [5, 5.41) is 6.90. The van der Waals surface area contributed by atoms with Gasteiger partial charge in [0.1, 0.15) is 0 Å². The van der Waals surface area contributed by atoms with E-state index in [0.717, 1.165) is 38.5 Å². The lowest BCUT2D eigenvalue weighted by atomic mass is 9.78. The Labute approximate surface area is 152 Å². The first kappa shape index (κ1) is 19.7. The average molecular weight is 347 g/mol. The van der Waals surface area contributed by atoms with Gasteiger partial charge in [0.15, 0.2) is 5.96 Å². The predicted molar refractivity (Wildman–Crippen MR) is 104 cm³/mol. The second kappa shape index (κ2) is 9.18. The van der Waals surface area contributed by atoms with Gasteiger partial charge in [0.2, 0.25) is 0 Å². The average Bonchev–Trinajstić information content (AvgIpc) is 2.59. The molecule has 2 atom stereocenters. The highest BCUT2D eigenvalue weighted by Crippen LogP contribution is 2.33. The number of rotatable bonds is 5. The summed E-state index contributed by atoms with van der Waals surface area (Å²) in [5.41, 5.74) is 2.73. The minimum absolute atomic E-state index is 0.169. The van der Waals surface area contributed by atoms with Crippen molar-refractivity contribution in [1.82, 2.24) is 15.6 Å². The number of guanidine groups is 1. The fraction of sp³-hybridized carbons (Fsp3) is 0.700. The van der Waals surface area contributed by atoms with E-state index in [1.807, 2.05) is 19.4 Å². The van der Waals surface area contributed by atoms with Gasteiger partial charge in [-0.1, -0.05) is 20.8 Å². The maximum atomic E-state index is 6.07. The first-order valence-corrected chi connectivity index (χ1v) is 9.37. The van der Waals surface area contributed by atoms with Crippen LogP contribution in [0.5, 0.6) is 0 Å². The van der Waals surface area contributed by atoms with Crippen LogP contribution in [0.15, 0.2) is 23.5 Å². The number of hydrogen-bond acceptors (Lipinski definition) is 3. The monoisotopic (exact) mass is 346 g/mol. The standard InChI is InChI=1S/C20H34N4O/c1-15-13-22-10-8-16(15)9-11-23-19(21-5)24-14-17-7-6-12-25-18(17)20(2,3)4/h8,10,13,17-18H,6-7,9,11-12,14H2,1-5H3,(H2,21,23,24). The van der Waals surface area contributed by atoms with Crippen molar-refractivity contribution in [1.29, 1.82) is 0 Å². The number of pyridine rings is 1. The third kappa shape index (κ3) is 5.99. The molecule has 2 N–H and O–H groups in total. The Morgan fingerprint density at radius 1 is 1.36 bits per heavy atom. The molecule has 25 heavy (non-hydrogen) atoms. The number of nitrogens with zero attached hydrogens (tertiary/aromatic N) is 2. The van der Waals surface area contributed by atoms with E-state index in [0.29, 0.717) is 12.0 Å². The van der Waals surface area contributed by atoms with Gasteiger partial charge in [-0.3, -0.25) is 9.98 Å². The molecule has 1 saturated heterocycles. The van der Waals surface area contributed by atoms with Crippen LogP contribution in [0.1, 0.15) is 44.7 Å². The molecule has 0 amide bonds. The summed E-state index contributed by atoms with van der Waals surface area (Å²) in [5.74, 6) is 1.39. The highest BCUT2D eigenvalue weighted by atomic mass is 16.5. The third-order valence-corrected chi connectivity index (χ3v) is 4.88. The number of aryl methyl sites for hydroxylation is 1. The highest BCUT2D eigenvalue weighted by molar-refractivity contribution is 5.79. The van der Waals surface area contributed by atoms with Crippen molar-refractivity contribution in [2.24, 2.45) is 16.3 Å². The second-order valence-electron chi connectivity index (χ2n) is 7.99. The summed E-state index contributed by atoms with van der Waals surface area (Å²) < 4.78 is 6.07. The van der Waals surface area contributed by atoms with Gasteiger partial charge >= 0.3 is 0 Å². The Bertz CT molecular complexity index is 565. The number of aliphatic imine (C=N–C) groups is 1. The molecule has 0 spiro atoms. The molecule has 1 aliphatic rings. The molecule has 1 aromatic heterocycles. The topological polar surface area (TPSA) is 58.5 Å². The second-order valence-corrected chi connectivity index (χ2v) is 7.99. The van der Waals surface area contributed by atoms with Crippen molar-refractivity contribution < 1.29 is 4.74 Å². The van der Waals surface area contributed by atoms with Crippen LogP contribution in [-0.4, -0.2) is 43.8 Å². The lowest BCUT2D eigenvalue weighted by Crippen LogP contribution is -2.47. The van der Waals surface area contributed by atoms with Crippen molar-refractivity contribution in [2.75, 3.05) is 26.7 Å². The maximum Gasteiger partial charge on any atom is 0.190 e. The van der Waals surface area contributed by atoms with Crippen LogP contribution in [0.25, 0.3) is 0 Å². The van der Waals surface area contributed by atoms with Gasteiger partial charge < -0.3 is 15.4 Å². The fourth-order valence-corrected chi connectivity index (χ4v) is 3.56. The van der Waals surface area contributed by atoms with Gasteiger partial charge in [0.05, 0.1) is 6.10 Å². The van der Waals surface area contributed by atoms with E-state index in [9.17, 15) is 0 Å². The number of nitrogens with one attached hydrogen (secondary N) is 2. The van der Waals surface area contributed by atoms with Crippen LogP contribution in [0, 0.1) is 18.3 Å². The summed E-state index contributed by atoms with van der Waals surface area (Å²) in [6.45, 7) is 11.5. The molecule has 5 heteroatoms. The fourth-order valence-electron chi connectivity index (χ4n) is 3.56. The molecule has 0 radical (unpaired) electrons. The minimum Gasteiger partial charge on any atom is -0.377 e. The van der Waals surface area contributed by atoms with Crippen LogP contribution >= 0.6 is 0 Å². The molecule has 140 valence electrons. The van der Waals surface area contributed by atoms with Gasteiger partial charge in [-0.05, 0) is 48.8 Å². The summed E-state index contributed by atoms with van der Waals surface area (Å²) in [4.78, 5) is 8.50. The van der Waals surface area contributed by atoms with Crippen LogP contribution < -0.4 is 10.6 Å². The molecule has 0 aliphatic carbocycles. The summed E-state index contributed by atoms with van der Waals surface area (Å²) in [6, 6.07) is 2.08. The van der Waals surface area contributed by atoms with E-state index in [2.05, 4.69) is 54.4 Å². The van der Waals surface area contributed by atoms with Crippen LogP contribution in [0.4, 0.5) is 0 Å². The molecule has 2 unspecified atom stereocenters. The van der Waals surface area contributed by atoms with Gasteiger partial charge in [-0.15, -0.1) is 0 Å². The summed E-state index contributed by atoms with van der Waals surface area (Å²) in [6.07, 6.45) is 7.38. The van der Waals surface area contributed by atoms with Crippen molar-refractivity contribution >= 4 is 5.96 Å². The third-order valence-electron chi connectivity index (χ3n) is 4.88. The minimum atomic E-state index is 0.169. The lowest BCUT2D eigenvalue weighted by Gasteiger charge is -2.40. The molecule has 0 bridgehead atoms. The molecule has 1 aliphatic heterocycles. The van der Waals surface area contributed by atoms with Gasteiger partial charge in [-0.2, -0.15) is 0 Å². The molecule has 2 heterocycles. The largest absolute Gasteiger partial charge is 0.377 e. The Kier molecular flexibility index (Phi) is 7.24. The van der Waals surface area contributed by atoms with Crippen molar-refractivity contribution in [3.05, 3.63) is 29.6 Å². The molecule has 1 fully saturated rings. The van der Waals surface area contributed by atoms with Crippen molar-refractivity contribution in [3.63, 3.8) is 0 Å². The Hall–Kier alpha value is -1.62. The molecular formula is C20H34N4O. The van der Waals surface area contributed by atoms with Crippen molar-refractivity contribution in [3.8, 4) is 0 Å². The summed E-state index contributed by atoms with van der Waals surface area (Å²) >= 11 is 0. The van der Waals surface area contributed by atoms with E-state index in [1.165, 1.54) is 17.5 Å². The van der Waals surface area contributed by atoms with Gasteiger partial charge in [-0.25, -0.2) is 0 Å². The smallest absolute Gasteiger partial charge is 0.190 e. The first-order chi connectivity index (χ1) is 11.9. The molecule has 1 aromatic rings. The van der Waals surface area contributed by atoms with E-state index >= 15 is 0 Å². The first-order valence-electron chi connectivity index (χ1n) is 9.37. The summed E-state index contributed by atoms with van der Waals surface area (Å²) in [7, 11) is 1.83. The van der Waals surface area contributed by atoms with Crippen LogP contribution in [-0.2, 0) is 11.2 Å². The van der Waals surface area contributed by atoms with E-state index < -0.39 is 0 Å². The van der Waals surface area contributed by atoms with Crippen molar-refractivity contribution in [2.45, 2.75) is 53.1 Å². The number of aromatic nitrogens is 1. The maximum absolute atomic E-state index is 6.07. The number of hydrogen-bond donors (Lipinski definition) is 2. The SMILES string of the molecule is CN=C(NCCc1ccncc1C)NCC1CCCOC1C(C)(C)C. The molecule has 0 saturated carbocycles. The zero-order valence-corrected chi connectivity index (χ0v) is 16.4. The zero-order chi connectivity index (χ0) is 18.3. The normalized spacial score (nSPS) is 21.9. The van der Waals surface area contributed by atoms with Gasteiger partial charge in [0.25, 0.3) is 0 Å². The van der Waals surface area contributed by atoms with Crippen LogP contribution in [0.2, 0.25) is 0 Å². The van der Waals surface area contributed by atoms with Crippen LogP contribution in [0.3, 0.4) is 0 Å². The van der Waals surface area contributed by atoms with Gasteiger partial charge in [0, 0.05) is 45.1 Å². The number of ether oxygens (including phenoxy) is 1. The highest BCUT2D eigenvalue weighted by Gasteiger charge is 2.35. The Balaban J connectivity index is 1.80. The van der Waals surface area contributed by atoms with E-state index in [4.69, 9.17) is 4.74 Å².